The second-order valence-corrected chi connectivity index (χ2v) is 7.86. The molecule has 146 valence electrons. The number of hydrogen-bond donors (Lipinski definition) is 1. The maximum atomic E-state index is 12.6. The summed E-state index contributed by atoms with van der Waals surface area (Å²) in [5, 5.41) is 3.68. The Labute approximate surface area is 169 Å². The molecule has 0 fully saturated rings. The summed E-state index contributed by atoms with van der Waals surface area (Å²) in [4.78, 5) is 17.7. The molecule has 3 rings (SSSR count). The van der Waals surface area contributed by atoms with Gasteiger partial charge in [0.1, 0.15) is 28.0 Å². The minimum Gasteiger partial charge on any atom is -0.491 e. The number of carbonyl (C=O) groups excluding carboxylic acids is 1. The quantitative estimate of drug-likeness (QED) is 0.582. The summed E-state index contributed by atoms with van der Waals surface area (Å²) in [6, 6.07) is 15.2. The highest BCUT2D eigenvalue weighted by atomic mass is 32.1. The van der Waals surface area contributed by atoms with E-state index < -0.39 is 0 Å². The molecule has 0 saturated heterocycles. The second kappa shape index (κ2) is 8.89. The molecule has 0 unspecified atom stereocenters. The third-order valence-electron chi connectivity index (χ3n) is 3.88. The monoisotopic (exact) mass is 396 g/mol. The molecule has 1 N–H and O–H groups in total. The lowest BCUT2D eigenvalue weighted by Gasteiger charge is -2.10. The van der Waals surface area contributed by atoms with Crippen molar-refractivity contribution >= 4 is 22.9 Å². The number of ether oxygens (including phenoxy) is 2. The van der Waals surface area contributed by atoms with Gasteiger partial charge in [0.15, 0.2) is 0 Å². The molecular weight excluding hydrogens is 372 g/mol. The summed E-state index contributed by atoms with van der Waals surface area (Å²) in [6.45, 7) is 8.14. The third kappa shape index (κ3) is 5.33. The van der Waals surface area contributed by atoms with Gasteiger partial charge in [-0.05, 0) is 69.7 Å². The topological polar surface area (TPSA) is 60.5 Å². The summed E-state index contributed by atoms with van der Waals surface area (Å²) in [7, 11) is 0. The summed E-state index contributed by atoms with van der Waals surface area (Å²) >= 11 is 1.35. The SMILES string of the molecule is Cc1cccc(OCc2nc(C)c(C(=O)Nc3ccc(OC(C)C)cc3)s2)c1. The Bertz CT molecular complexity index is 949. The van der Waals surface area contributed by atoms with E-state index in [0.29, 0.717) is 22.9 Å². The normalized spacial score (nSPS) is 10.8. The summed E-state index contributed by atoms with van der Waals surface area (Å²) in [5.74, 6) is 1.40. The maximum absolute atomic E-state index is 12.6. The molecule has 28 heavy (non-hydrogen) atoms. The first-order valence-corrected chi connectivity index (χ1v) is 9.96. The number of nitrogens with one attached hydrogen (secondary N) is 1. The van der Waals surface area contributed by atoms with Gasteiger partial charge in [0.05, 0.1) is 11.8 Å². The number of hydrogen-bond acceptors (Lipinski definition) is 5. The summed E-state index contributed by atoms with van der Waals surface area (Å²) in [5.41, 5.74) is 2.55. The number of thiazole rings is 1. The second-order valence-electron chi connectivity index (χ2n) is 6.77. The van der Waals surface area contributed by atoms with Crippen molar-refractivity contribution in [1.82, 2.24) is 4.98 Å². The number of rotatable bonds is 7. The van der Waals surface area contributed by atoms with Crippen LogP contribution < -0.4 is 14.8 Å². The van der Waals surface area contributed by atoms with Gasteiger partial charge in [-0.15, -0.1) is 11.3 Å². The van der Waals surface area contributed by atoms with E-state index in [1.165, 1.54) is 11.3 Å². The van der Waals surface area contributed by atoms with Crippen LogP contribution in [0, 0.1) is 13.8 Å². The smallest absolute Gasteiger partial charge is 0.267 e. The highest BCUT2D eigenvalue weighted by molar-refractivity contribution is 7.13. The molecule has 0 aliphatic rings. The Morgan fingerprint density at radius 2 is 1.86 bits per heavy atom. The lowest BCUT2D eigenvalue weighted by Crippen LogP contribution is -2.11. The fourth-order valence-electron chi connectivity index (χ4n) is 2.65. The standard InChI is InChI=1S/C22H24N2O3S/c1-14(2)27-18-10-8-17(9-11-18)24-22(25)21-16(4)23-20(28-21)13-26-19-7-5-6-15(3)12-19/h5-12,14H,13H2,1-4H3,(H,24,25). The number of anilines is 1. The van der Waals surface area contributed by atoms with E-state index in [4.69, 9.17) is 9.47 Å². The van der Waals surface area contributed by atoms with Crippen molar-refractivity contribution in [3.05, 3.63) is 69.7 Å². The van der Waals surface area contributed by atoms with Gasteiger partial charge < -0.3 is 14.8 Å². The molecular formula is C22H24N2O3S. The zero-order chi connectivity index (χ0) is 20.1. The average molecular weight is 397 g/mol. The van der Waals surface area contributed by atoms with Gasteiger partial charge in [-0.2, -0.15) is 0 Å². The van der Waals surface area contributed by atoms with Crippen LogP contribution in [0.3, 0.4) is 0 Å². The molecule has 0 bridgehead atoms. The minimum atomic E-state index is -0.172. The molecule has 0 aliphatic heterocycles. The first kappa shape index (κ1) is 19.9. The van der Waals surface area contributed by atoms with E-state index in [-0.39, 0.29) is 12.0 Å². The Hall–Kier alpha value is -2.86. The van der Waals surface area contributed by atoms with E-state index in [2.05, 4.69) is 10.3 Å². The fourth-order valence-corrected chi connectivity index (χ4v) is 3.52. The number of benzene rings is 2. The maximum Gasteiger partial charge on any atom is 0.267 e. The zero-order valence-corrected chi connectivity index (χ0v) is 17.3. The van der Waals surface area contributed by atoms with Gasteiger partial charge in [-0.3, -0.25) is 4.79 Å². The molecule has 0 spiro atoms. The summed E-state index contributed by atoms with van der Waals surface area (Å²) < 4.78 is 11.4. The van der Waals surface area contributed by atoms with Gasteiger partial charge in [-0.1, -0.05) is 12.1 Å². The Morgan fingerprint density at radius 3 is 2.54 bits per heavy atom. The molecule has 1 heterocycles. The summed E-state index contributed by atoms with van der Waals surface area (Å²) in [6.07, 6.45) is 0.112. The number of aromatic nitrogens is 1. The van der Waals surface area contributed by atoms with Gasteiger partial charge in [-0.25, -0.2) is 4.98 Å². The van der Waals surface area contributed by atoms with Crippen molar-refractivity contribution in [2.24, 2.45) is 0 Å². The largest absolute Gasteiger partial charge is 0.491 e. The van der Waals surface area contributed by atoms with Gasteiger partial charge >= 0.3 is 0 Å². The third-order valence-corrected chi connectivity index (χ3v) is 5.01. The van der Waals surface area contributed by atoms with Crippen molar-refractivity contribution in [2.45, 2.75) is 40.4 Å². The molecule has 0 atom stereocenters. The van der Waals surface area contributed by atoms with E-state index >= 15 is 0 Å². The Balaban J connectivity index is 1.62. The van der Waals surface area contributed by atoms with Crippen LogP contribution in [0.25, 0.3) is 0 Å². The van der Waals surface area contributed by atoms with Crippen LogP contribution in [-0.2, 0) is 6.61 Å². The van der Waals surface area contributed by atoms with E-state index in [1.54, 1.807) is 0 Å². The molecule has 0 saturated carbocycles. The minimum absolute atomic E-state index is 0.112. The highest BCUT2D eigenvalue weighted by Gasteiger charge is 2.16. The van der Waals surface area contributed by atoms with Gasteiger partial charge in [0.25, 0.3) is 5.91 Å². The lowest BCUT2D eigenvalue weighted by atomic mass is 10.2. The first-order valence-electron chi connectivity index (χ1n) is 9.14. The molecule has 6 heteroatoms. The van der Waals surface area contributed by atoms with Gasteiger partial charge in [0.2, 0.25) is 0 Å². The van der Waals surface area contributed by atoms with Crippen molar-refractivity contribution in [3.8, 4) is 11.5 Å². The molecule has 1 aromatic heterocycles. The molecule has 2 aromatic carbocycles. The van der Waals surface area contributed by atoms with Crippen LogP contribution in [0.5, 0.6) is 11.5 Å². The van der Waals surface area contributed by atoms with Crippen LogP contribution in [0.1, 0.15) is 39.8 Å². The van der Waals surface area contributed by atoms with Crippen LogP contribution in [-0.4, -0.2) is 17.0 Å². The average Bonchev–Trinajstić information content (AvgIpc) is 3.02. The van der Waals surface area contributed by atoms with Crippen LogP contribution >= 0.6 is 11.3 Å². The van der Waals surface area contributed by atoms with Crippen molar-refractivity contribution in [1.29, 1.82) is 0 Å². The Morgan fingerprint density at radius 1 is 1.11 bits per heavy atom. The van der Waals surface area contributed by atoms with Crippen molar-refractivity contribution < 1.29 is 14.3 Å². The molecule has 1 amide bonds. The van der Waals surface area contributed by atoms with Crippen molar-refractivity contribution in [3.63, 3.8) is 0 Å². The zero-order valence-electron chi connectivity index (χ0n) is 16.5. The van der Waals surface area contributed by atoms with E-state index in [9.17, 15) is 4.79 Å². The molecule has 0 radical (unpaired) electrons. The number of carbonyl (C=O) groups is 1. The first-order chi connectivity index (χ1) is 13.4. The molecule has 3 aromatic rings. The van der Waals surface area contributed by atoms with Crippen LogP contribution in [0.15, 0.2) is 48.5 Å². The van der Waals surface area contributed by atoms with E-state index in [0.717, 1.165) is 22.1 Å². The van der Waals surface area contributed by atoms with Crippen LogP contribution in [0.2, 0.25) is 0 Å². The number of nitrogens with zero attached hydrogens (tertiary/aromatic N) is 1. The predicted octanol–water partition coefficient (Wildman–Crippen LogP) is 5.38. The highest BCUT2D eigenvalue weighted by Crippen LogP contribution is 2.23. The lowest BCUT2D eigenvalue weighted by molar-refractivity contribution is 0.102. The van der Waals surface area contributed by atoms with Crippen LogP contribution in [0.4, 0.5) is 5.69 Å². The predicted molar refractivity (Wildman–Crippen MR) is 113 cm³/mol. The number of amides is 1. The van der Waals surface area contributed by atoms with Gasteiger partial charge in [0, 0.05) is 5.69 Å². The van der Waals surface area contributed by atoms with Crippen molar-refractivity contribution in [2.75, 3.05) is 5.32 Å². The molecule has 0 aliphatic carbocycles. The Kier molecular flexibility index (Phi) is 6.31. The number of aryl methyl sites for hydroxylation is 2. The molecule has 5 nitrogen and oxygen atoms in total. The fraction of sp³-hybridized carbons (Fsp3) is 0.273. The van der Waals surface area contributed by atoms with E-state index in [1.807, 2.05) is 76.2 Å².